The SMILES string of the molecule is Cc1cc(C(N)=S)nc(NCCN(C)C2CC2)n1. The molecule has 0 aromatic carbocycles. The van der Waals surface area contributed by atoms with Crippen LogP contribution in [-0.4, -0.2) is 46.0 Å². The number of thiocarbonyl (C=S) groups is 1. The number of nitrogens with zero attached hydrogens (tertiary/aromatic N) is 3. The van der Waals surface area contributed by atoms with Crippen LogP contribution in [0.4, 0.5) is 5.95 Å². The Balaban J connectivity index is 1.89. The fourth-order valence-corrected chi connectivity index (χ4v) is 1.92. The second kappa shape index (κ2) is 5.58. The summed E-state index contributed by atoms with van der Waals surface area (Å²) >= 11 is 4.93. The molecule has 1 fully saturated rings. The molecular weight excluding hydrogens is 246 g/mol. The van der Waals surface area contributed by atoms with Gasteiger partial charge in [-0.2, -0.15) is 0 Å². The smallest absolute Gasteiger partial charge is 0.223 e. The molecule has 1 heterocycles. The molecule has 1 aromatic heterocycles. The van der Waals surface area contributed by atoms with Gasteiger partial charge in [0.1, 0.15) is 10.7 Å². The van der Waals surface area contributed by atoms with Crippen LogP contribution in [-0.2, 0) is 0 Å². The minimum Gasteiger partial charge on any atom is -0.388 e. The van der Waals surface area contributed by atoms with E-state index in [2.05, 4.69) is 27.2 Å². The van der Waals surface area contributed by atoms with E-state index < -0.39 is 0 Å². The molecule has 0 aliphatic heterocycles. The zero-order valence-corrected chi connectivity index (χ0v) is 11.6. The molecule has 3 N–H and O–H groups in total. The van der Waals surface area contributed by atoms with E-state index in [1.807, 2.05) is 6.92 Å². The highest BCUT2D eigenvalue weighted by atomic mass is 32.1. The van der Waals surface area contributed by atoms with Crippen LogP contribution >= 0.6 is 12.2 Å². The van der Waals surface area contributed by atoms with E-state index >= 15 is 0 Å². The van der Waals surface area contributed by atoms with Crippen LogP contribution in [0.3, 0.4) is 0 Å². The Morgan fingerprint density at radius 3 is 2.89 bits per heavy atom. The number of aryl methyl sites for hydroxylation is 1. The highest BCUT2D eigenvalue weighted by Crippen LogP contribution is 2.24. The number of anilines is 1. The first-order chi connectivity index (χ1) is 8.56. The molecule has 0 bridgehead atoms. The first-order valence-electron chi connectivity index (χ1n) is 6.16. The summed E-state index contributed by atoms with van der Waals surface area (Å²) in [5.74, 6) is 0.599. The Kier molecular flexibility index (Phi) is 4.08. The standard InChI is InChI=1S/C12H19N5S/c1-8-7-10(11(13)18)16-12(15-8)14-5-6-17(2)9-3-4-9/h7,9H,3-6H2,1-2H3,(H2,13,18)(H,14,15,16). The van der Waals surface area contributed by atoms with Gasteiger partial charge in [-0.15, -0.1) is 0 Å². The molecule has 5 nitrogen and oxygen atoms in total. The lowest BCUT2D eigenvalue weighted by molar-refractivity contribution is 0.337. The van der Waals surface area contributed by atoms with Crippen molar-refractivity contribution < 1.29 is 0 Å². The number of hydrogen-bond donors (Lipinski definition) is 2. The highest BCUT2D eigenvalue weighted by Gasteiger charge is 2.25. The maximum absolute atomic E-state index is 5.58. The van der Waals surface area contributed by atoms with Crippen molar-refractivity contribution in [2.45, 2.75) is 25.8 Å². The number of nitrogens with two attached hydrogens (primary N) is 1. The van der Waals surface area contributed by atoms with Crippen LogP contribution in [0.1, 0.15) is 24.2 Å². The third-order valence-corrected chi connectivity index (χ3v) is 3.23. The number of aromatic nitrogens is 2. The molecule has 0 radical (unpaired) electrons. The molecule has 0 spiro atoms. The largest absolute Gasteiger partial charge is 0.388 e. The van der Waals surface area contributed by atoms with Crippen LogP contribution in [0.25, 0.3) is 0 Å². The molecule has 0 amide bonds. The summed E-state index contributed by atoms with van der Waals surface area (Å²) in [7, 11) is 2.15. The van der Waals surface area contributed by atoms with E-state index in [1.54, 1.807) is 6.07 Å². The fourth-order valence-electron chi connectivity index (χ4n) is 1.82. The topological polar surface area (TPSA) is 67.1 Å². The Morgan fingerprint density at radius 1 is 1.56 bits per heavy atom. The van der Waals surface area contributed by atoms with Gasteiger partial charge in [0, 0.05) is 24.8 Å². The number of nitrogens with one attached hydrogen (secondary N) is 1. The first-order valence-corrected chi connectivity index (χ1v) is 6.56. The van der Waals surface area contributed by atoms with Gasteiger partial charge in [0.05, 0.1) is 0 Å². The van der Waals surface area contributed by atoms with Crippen LogP contribution < -0.4 is 11.1 Å². The van der Waals surface area contributed by atoms with Gasteiger partial charge >= 0.3 is 0 Å². The van der Waals surface area contributed by atoms with Crippen molar-refractivity contribution in [3.8, 4) is 0 Å². The summed E-state index contributed by atoms with van der Waals surface area (Å²) in [6, 6.07) is 2.57. The highest BCUT2D eigenvalue weighted by molar-refractivity contribution is 7.80. The van der Waals surface area contributed by atoms with Crippen LogP contribution in [0.2, 0.25) is 0 Å². The molecular formula is C12H19N5S. The molecule has 1 aliphatic rings. The van der Waals surface area contributed by atoms with Gasteiger partial charge < -0.3 is 16.0 Å². The van der Waals surface area contributed by atoms with Crippen molar-refractivity contribution in [2.24, 2.45) is 5.73 Å². The first kappa shape index (κ1) is 13.2. The minimum absolute atomic E-state index is 0.304. The molecule has 1 aliphatic carbocycles. The maximum Gasteiger partial charge on any atom is 0.223 e. The van der Waals surface area contributed by atoms with Crippen LogP contribution in [0, 0.1) is 6.92 Å². The van der Waals surface area contributed by atoms with Crippen LogP contribution in [0.5, 0.6) is 0 Å². The Labute approximate surface area is 113 Å². The van der Waals surface area contributed by atoms with E-state index in [9.17, 15) is 0 Å². The molecule has 18 heavy (non-hydrogen) atoms. The summed E-state index contributed by atoms with van der Waals surface area (Å²) in [4.78, 5) is 11.3. The van der Waals surface area contributed by atoms with E-state index in [1.165, 1.54) is 12.8 Å². The summed E-state index contributed by atoms with van der Waals surface area (Å²) in [5, 5.41) is 3.22. The summed E-state index contributed by atoms with van der Waals surface area (Å²) in [6.07, 6.45) is 2.64. The van der Waals surface area contributed by atoms with Gasteiger partial charge in [0.15, 0.2) is 0 Å². The summed E-state index contributed by atoms with van der Waals surface area (Å²) < 4.78 is 0. The number of hydrogen-bond acceptors (Lipinski definition) is 5. The summed E-state index contributed by atoms with van der Waals surface area (Å²) in [5.41, 5.74) is 7.07. The van der Waals surface area contributed by atoms with Crippen molar-refractivity contribution in [2.75, 3.05) is 25.5 Å². The van der Waals surface area contributed by atoms with Crippen molar-refractivity contribution >= 4 is 23.2 Å². The van der Waals surface area contributed by atoms with Crippen molar-refractivity contribution in [1.29, 1.82) is 0 Å². The van der Waals surface area contributed by atoms with Gasteiger partial charge in [-0.05, 0) is 32.9 Å². The van der Waals surface area contributed by atoms with Crippen molar-refractivity contribution in [3.05, 3.63) is 17.5 Å². The Hall–Kier alpha value is -1.27. The van der Waals surface area contributed by atoms with Crippen LogP contribution in [0.15, 0.2) is 6.07 Å². The predicted octanol–water partition coefficient (Wildman–Crippen LogP) is 0.925. The lowest BCUT2D eigenvalue weighted by Crippen LogP contribution is -2.27. The second-order valence-corrected chi connectivity index (χ2v) is 5.16. The molecule has 1 aromatic rings. The third-order valence-electron chi connectivity index (χ3n) is 3.02. The summed E-state index contributed by atoms with van der Waals surface area (Å²) in [6.45, 7) is 3.72. The molecule has 0 atom stereocenters. The molecule has 1 saturated carbocycles. The quantitative estimate of drug-likeness (QED) is 0.746. The molecule has 0 unspecified atom stereocenters. The van der Waals surface area contributed by atoms with Gasteiger partial charge in [-0.1, -0.05) is 12.2 Å². The van der Waals surface area contributed by atoms with Crippen molar-refractivity contribution in [1.82, 2.24) is 14.9 Å². The fraction of sp³-hybridized carbons (Fsp3) is 0.583. The minimum atomic E-state index is 0.304. The van der Waals surface area contributed by atoms with E-state index in [4.69, 9.17) is 18.0 Å². The Morgan fingerprint density at radius 2 is 2.28 bits per heavy atom. The lowest BCUT2D eigenvalue weighted by Gasteiger charge is -2.15. The normalized spacial score (nSPS) is 14.8. The van der Waals surface area contributed by atoms with Gasteiger partial charge in [0.2, 0.25) is 5.95 Å². The van der Waals surface area contributed by atoms with Gasteiger partial charge in [-0.3, -0.25) is 0 Å². The van der Waals surface area contributed by atoms with E-state index in [0.29, 0.717) is 16.6 Å². The van der Waals surface area contributed by atoms with E-state index in [0.717, 1.165) is 24.8 Å². The second-order valence-electron chi connectivity index (χ2n) is 4.72. The molecule has 2 rings (SSSR count). The van der Waals surface area contributed by atoms with Crippen molar-refractivity contribution in [3.63, 3.8) is 0 Å². The molecule has 0 saturated heterocycles. The van der Waals surface area contributed by atoms with E-state index in [-0.39, 0.29) is 0 Å². The average molecular weight is 265 g/mol. The van der Waals surface area contributed by atoms with Gasteiger partial charge in [0.25, 0.3) is 0 Å². The monoisotopic (exact) mass is 265 g/mol. The van der Waals surface area contributed by atoms with Gasteiger partial charge in [-0.25, -0.2) is 9.97 Å². The predicted molar refractivity (Wildman–Crippen MR) is 76.8 cm³/mol. The molecule has 6 heteroatoms. The number of likely N-dealkylation sites (N-methyl/N-ethyl adjacent to an activating group) is 1. The Bertz CT molecular complexity index is 444. The zero-order valence-electron chi connectivity index (χ0n) is 10.8. The lowest BCUT2D eigenvalue weighted by atomic mass is 10.3. The molecule has 98 valence electrons. The average Bonchev–Trinajstić information content (AvgIpc) is 3.11. The number of rotatable bonds is 6. The zero-order chi connectivity index (χ0) is 13.1. The third kappa shape index (κ3) is 3.61. The maximum atomic E-state index is 5.58.